The van der Waals surface area contributed by atoms with Gasteiger partial charge in [-0.05, 0) is 91.0 Å². The van der Waals surface area contributed by atoms with Gasteiger partial charge in [-0.15, -0.1) is 11.3 Å². The number of para-hydroxylation sites is 1. The minimum atomic E-state index is 1.17. The molecule has 0 spiro atoms. The minimum Gasteiger partial charge on any atom is -0.309 e. The number of nitrogens with zero attached hydrogens (tertiary/aromatic N) is 1. The predicted molar refractivity (Wildman–Crippen MR) is 208 cm³/mol. The summed E-state index contributed by atoms with van der Waals surface area (Å²) in [4.78, 5) is 0. The van der Waals surface area contributed by atoms with Crippen LogP contribution in [-0.4, -0.2) is 4.57 Å². The van der Waals surface area contributed by atoms with E-state index < -0.39 is 0 Å². The maximum atomic E-state index is 2.44. The SMILES string of the molecule is c1cc(-c2ccc3ccc4cccc5ccc2c3c45)cc(-n2c3ccccc3c3cc(-c4cccc5c4sc4ccccc45)ccc32)c1. The van der Waals surface area contributed by atoms with Crippen LogP contribution in [0.5, 0.6) is 0 Å². The van der Waals surface area contributed by atoms with Crippen LogP contribution in [0.4, 0.5) is 0 Å². The number of rotatable bonds is 3. The molecule has 0 aliphatic carbocycles. The van der Waals surface area contributed by atoms with Gasteiger partial charge >= 0.3 is 0 Å². The number of hydrogen-bond donors (Lipinski definition) is 0. The number of aromatic nitrogens is 1. The lowest BCUT2D eigenvalue weighted by atomic mass is 9.90. The second-order valence-corrected chi connectivity index (χ2v) is 13.9. The Morgan fingerprint density at radius 3 is 1.98 bits per heavy atom. The fourth-order valence-corrected chi connectivity index (χ4v) is 9.43. The molecule has 0 saturated carbocycles. The maximum absolute atomic E-state index is 2.44. The van der Waals surface area contributed by atoms with Crippen LogP contribution in [0.15, 0.2) is 164 Å². The van der Waals surface area contributed by atoms with E-state index in [0.29, 0.717) is 0 Å². The molecule has 2 aromatic heterocycles. The van der Waals surface area contributed by atoms with E-state index in [-0.39, 0.29) is 0 Å². The first-order valence-corrected chi connectivity index (χ1v) is 17.3. The summed E-state index contributed by atoms with van der Waals surface area (Å²) in [6.45, 7) is 0. The third-order valence-electron chi connectivity index (χ3n) is 10.3. The first kappa shape index (κ1) is 26.1. The lowest BCUT2D eigenvalue weighted by Crippen LogP contribution is -1.94. The van der Waals surface area contributed by atoms with Crippen molar-refractivity contribution >= 4 is 85.6 Å². The summed E-state index contributed by atoms with van der Waals surface area (Å²) in [5.74, 6) is 0. The highest BCUT2D eigenvalue weighted by Crippen LogP contribution is 2.43. The standard InChI is InChI=1S/C46H27NS/c1-3-16-41-36(12-1)40-27-32(35-14-7-15-39-37-13-2-4-17-43(37)48-46(35)39)22-25-42(40)47(41)33-11-6-10-31(26-33)34-23-20-30-19-18-28-8-5-9-29-21-24-38(34)45(30)44(28)29/h1-27H. The zero-order chi connectivity index (χ0) is 31.3. The van der Waals surface area contributed by atoms with Crippen LogP contribution in [-0.2, 0) is 0 Å². The summed E-state index contributed by atoms with van der Waals surface area (Å²) in [6, 6.07) is 60.7. The predicted octanol–water partition coefficient (Wildman–Crippen LogP) is 13.4. The van der Waals surface area contributed by atoms with Crippen molar-refractivity contribution in [1.29, 1.82) is 0 Å². The largest absolute Gasteiger partial charge is 0.309 e. The highest BCUT2D eigenvalue weighted by Gasteiger charge is 2.17. The summed E-state index contributed by atoms with van der Waals surface area (Å²) in [5, 5.41) is 13.1. The van der Waals surface area contributed by atoms with Crippen molar-refractivity contribution in [2.75, 3.05) is 0 Å². The molecule has 9 aromatic carbocycles. The summed E-state index contributed by atoms with van der Waals surface area (Å²) >= 11 is 1.89. The Morgan fingerprint density at radius 2 is 1.06 bits per heavy atom. The van der Waals surface area contributed by atoms with Crippen LogP contribution < -0.4 is 0 Å². The van der Waals surface area contributed by atoms with Crippen LogP contribution in [0.3, 0.4) is 0 Å². The van der Waals surface area contributed by atoms with Crippen molar-refractivity contribution in [2.24, 2.45) is 0 Å². The molecule has 11 aromatic rings. The van der Waals surface area contributed by atoms with Gasteiger partial charge in [-0.25, -0.2) is 0 Å². The highest BCUT2D eigenvalue weighted by molar-refractivity contribution is 7.26. The van der Waals surface area contributed by atoms with E-state index in [1.165, 1.54) is 102 Å². The zero-order valence-corrected chi connectivity index (χ0v) is 26.8. The van der Waals surface area contributed by atoms with Gasteiger partial charge < -0.3 is 4.57 Å². The molecule has 2 heteroatoms. The van der Waals surface area contributed by atoms with Gasteiger partial charge in [-0.3, -0.25) is 0 Å². The third-order valence-corrected chi connectivity index (χ3v) is 11.6. The molecule has 0 fully saturated rings. The molecule has 222 valence electrons. The number of hydrogen-bond acceptors (Lipinski definition) is 1. The summed E-state index contributed by atoms with van der Waals surface area (Å²) < 4.78 is 5.12. The fourth-order valence-electron chi connectivity index (χ4n) is 8.19. The molecule has 0 bridgehead atoms. The zero-order valence-electron chi connectivity index (χ0n) is 25.9. The van der Waals surface area contributed by atoms with Crippen molar-refractivity contribution < 1.29 is 0 Å². The number of thiophene rings is 1. The molecule has 0 atom stereocenters. The van der Waals surface area contributed by atoms with E-state index in [0.717, 1.165) is 0 Å². The van der Waals surface area contributed by atoms with Crippen molar-refractivity contribution in [3.05, 3.63) is 164 Å². The Balaban J connectivity index is 1.11. The fraction of sp³-hybridized carbons (Fsp3) is 0. The van der Waals surface area contributed by atoms with Crippen molar-refractivity contribution in [3.8, 4) is 27.9 Å². The number of benzene rings is 9. The first-order valence-electron chi connectivity index (χ1n) is 16.5. The molecule has 1 nitrogen and oxygen atoms in total. The van der Waals surface area contributed by atoms with Gasteiger partial charge in [-0.2, -0.15) is 0 Å². The molecule has 2 heterocycles. The average molecular weight is 626 g/mol. The molecule has 48 heavy (non-hydrogen) atoms. The Hall–Kier alpha value is -5.96. The lowest BCUT2D eigenvalue weighted by Gasteiger charge is -2.15. The average Bonchev–Trinajstić information content (AvgIpc) is 3.69. The summed E-state index contributed by atoms with van der Waals surface area (Å²) in [7, 11) is 0. The lowest BCUT2D eigenvalue weighted by molar-refractivity contribution is 1.18. The van der Waals surface area contributed by atoms with Gasteiger partial charge in [0.05, 0.1) is 11.0 Å². The molecule has 0 aliphatic rings. The quantitative estimate of drug-likeness (QED) is 0.172. The topological polar surface area (TPSA) is 4.93 Å². The third kappa shape index (κ3) is 3.61. The second-order valence-electron chi connectivity index (χ2n) is 12.9. The highest BCUT2D eigenvalue weighted by atomic mass is 32.1. The van der Waals surface area contributed by atoms with Gasteiger partial charge in [-0.1, -0.05) is 127 Å². The van der Waals surface area contributed by atoms with Crippen LogP contribution in [0.1, 0.15) is 0 Å². The smallest absolute Gasteiger partial charge is 0.0541 e. The molecular formula is C46H27NS. The molecule has 0 saturated heterocycles. The van der Waals surface area contributed by atoms with Crippen molar-refractivity contribution in [2.45, 2.75) is 0 Å². The molecular weight excluding hydrogens is 599 g/mol. The van der Waals surface area contributed by atoms with E-state index in [1.807, 2.05) is 11.3 Å². The van der Waals surface area contributed by atoms with Crippen LogP contribution in [0.25, 0.3) is 102 Å². The van der Waals surface area contributed by atoms with E-state index in [4.69, 9.17) is 0 Å². The Bertz CT molecular complexity index is 3050. The monoisotopic (exact) mass is 625 g/mol. The van der Waals surface area contributed by atoms with E-state index in [2.05, 4.69) is 168 Å². The molecule has 0 unspecified atom stereocenters. The first-order chi connectivity index (χ1) is 23.8. The van der Waals surface area contributed by atoms with Gasteiger partial charge in [0.2, 0.25) is 0 Å². The molecule has 0 amide bonds. The Labute approximate surface area is 280 Å². The molecule has 0 N–H and O–H groups in total. The van der Waals surface area contributed by atoms with Gasteiger partial charge in [0, 0.05) is 36.6 Å². The van der Waals surface area contributed by atoms with E-state index in [1.54, 1.807) is 0 Å². The Kier molecular flexibility index (Phi) is 5.32. The molecule has 11 rings (SSSR count). The van der Waals surface area contributed by atoms with Crippen molar-refractivity contribution in [3.63, 3.8) is 0 Å². The van der Waals surface area contributed by atoms with Gasteiger partial charge in [0.1, 0.15) is 0 Å². The van der Waals surface area contributed by atoms with Crippen molar-refractivity contribution in [1.82, 2.24) is 4.57 Å². The van der Waals surface area contributed by atoms with Crippen LogP contribution >= 0.6 is 11.3 Å². The van der Waals surface area contributed by atoms with Crippen LogP contribution in [0, 0.1) is 0 Å². The van der Waals surface area contributed by atoms with Gasteiger partial charge in [0.25, 0.3) is 0 Å². The van der Waals surface area contributed by atoms with E-state index in [9.17, 15) is 0 Å². The Morgan fingerprint density at radius 1 is 0.375 bits per heavy atom. The summed E-state index contributed by atoms with van der Waals surface area (Å²) in [6.07, 6.45) is 0. The maximum Gasteiger partial charge on any atom is 0.0541 e. The summed E-state index contributed by atoms with van der Waals surface area (Å²) in [5.41, 5.74) is 8.65. The van der Waals surface area contributed by atoms with Gasteiger partial charge in [0.15, 0.2) is 0 Å². The molecule has 0 radical (unpaired) electrons. The second kappa shape index (κ2) is 9.78. The molecule has 0 aliphatic heterocycles. The minimum absolute atomic E-state index is 1.17. The van der Waals surface area contributed by atoms with E-state index >= 15 is 0 Å². The normalized spacial score (nSPS) is 12.2. The van der Waals surface area contributed by atoms with Crippen LogP contribution in [0.2, 0.25) is 0 Å². The number of fused-ring (bicyclic) bond motifs is 6.